The highest BCUT2D eigenvalue weighted by molar-refractivity contribution is 7.96. The summed E-state index contributed by atoms with van der Waals surface area (Å²) < 4.78 is 7.44. The van der Waals surface area contributed by atoms with Crippen LogP contribution in [-0.2, 0) is 0 Å². The molecule has 3 nitrogen and oxygen atoms in total. The Morgan fingerprint density at radius 3 is 2.81 bits per heavy atom. The molecule has 1 aliphatic heterocycles. The molecule has 0 radical (unpaired) electrons. The van der Waals surface area contributed by atoms with Crippen molar-refractivity contribution in [2.75, 3.05) is 26.5 Å². The summed E-state index contributed by atoms with van der Waals surface area (Å²) in [4.78, 5) is 4.41. The van der Waals surface area contributed by atoms with Crippen molar-refractivity contribution < 1.29 is 4.74 Å². The van der Waals surface area contributed by atoms with Crippen LogP contribution in [0.1, 0.15) is 12.1 Å². The smallest absolute Gasteiger partial charge is 0.137 e. The average molecular weight is 236 g/mol. The van der Waals surface area contributed by atoms with Crippen molar-refractivity contribution in [2.45, 2.75) is 6.42 Å². The van der Waals surface area contributed by atoms with Gasteiger partial charge in [-0.3, -0.25) is 4.98 Å². The molecule has 0 fully saturated rings. The zero-order valence-electron chi connectivity index (χ0n) is 9.64. The molecule has 2 rings (SSSR count). The van der Waals surface area contributed by atoms with Gasteiger partial charge in [-0.05, 0) is 30.4 Å². The van der Waals surface area contributed by atoms with Crippen LogP contribution in [0.25, 0.3) is 5.57 Å². The molecule has 16 heavy (non-hydrogen) atoms. The van der Waals surface area contributed by atoms with Gasteiger partial charge in [-0.2, -0.15) is 0 Å². The van der Waals surface area contributed by atoms with Crippen LogP contribution in [0.3, 0.4) is 0 Å². The zero-order valence-corrected chi connectivity index (χ0v) is 10.5. The van der Waals surface area contributed by atoms with Crippen molar-refractivity contribution in [3.05, 3.63) is 30.1 Å². The molecule has 0 aliphatic carbocycles. The molecule has 0 spiro atoms. The summed E-state index contributed by atoms with van der Waals surface area (Å²) in [7, 11) is 1.66. The van der Waals surface area contributed by atoms with Crippen molar-refractivity contribution in [2.24, 2.45) is 0 Å². The van der Waals surface area contributed by atoms with Gasteiger partial charge in [0.05, 0.1) is 19.0 Å². The highest BCUT2D eigenvalue weighted by atomic mass is 32.2. The lowest BCUT2D eigenvalue weighted by Crippen LogP contribution is -2.21. The molecular weight excluding hydrogens is 220 g/mol. The summed E-state index contributed by atoms with van der Waals surface area (Å²) in [6.45, 7) is 2.10. The van der Waals surface area contributed by atoms with Crippen molar-refractivity contribution in [1.29, 1.82) is 0 Å². The maximum Gasteiger partial charge on any atom is 0.137 e. The normalized spacial score (nSPS) is 17.0. The van der Waals surface area contributed by atoms with Gasteiger partial charge in [0.2, 0.25) is 0 Å². The van der Waals surface area contributed by atoms with E-state index in [9.17, 15) is 0 Å². The molecular formula is C12H16N2OS. The molecule has 1 aromatic rings. The van der Waals surface area contributed by atoms with Crippen LogP contribution in [0.15, 0.2) is 24.4 Å². The summed E-state index contributed by atoms with van der Waals surface area (Å²) in [5.41, 5.74) is 2.41. The molecule has 0 amide bonds. The largest absolute Gasteiger partial charge is 0.495 e. The molecule has 0 aromatic carbocycles. The molecule has 1 aromatic heterocycles. The Morgan fingerprint density at radius 2 is 2.31 bits per heavy atom. The van der Waals surface area contributed by atoms with Gasteiger partial charge >= 0.3 is 0 Å². The molecule has 0 unspecified atom stereocenters. The van der Waals surface area contributed by atoms with Crippen LogP contribution in [0.4, 0.5) is 0 Å². The van der Waals surface area contributed by atoms with E-state index in [-0.39, 0.29) is 0 Å². The lowest BCUT2D eigenvalue weighted by atomic mass is 10.1. The predicted molar refractivity (Wildman–Crippen MR) is 68.5 cm³/mol. The summed E-state index contributed by atoms with van der Waals surface area (Å²) >= 11 is 1.80. The summed E-state index contributed by atoms with van der Waals surface area (Å²) in [6, 6.07) is 3.99. The Balaban J connectivity index is 2.10. The Bertz CT molecular complexity index is 375. The van der Waals surface area contributed by atoms with Gasteiger partial charge in [-0.1, -0.05) is 18.0 Å². The van der Waals surface area contributed by atoms with E-state index in [4.69, 9.17) is 4.74 Å². The molecule has 0 saturated carbocycles. The van der Waals surface area contributed by atoms with E-state index < -0.39 is 0 Å². The lowest BCUT2D eigenvalue weighted by molar-refractivity contribution is 0.413. The second-order valence-corrected chi connectivity index (χ2v) is 4.51. The summed E-state index contributed by atoms with van der Waals surface area (Å²) in [6.07, 6.45) is 7.22. The van der Waals surface area contributed by atoms with Crippen LogP contribution in [0.5, 0.6) is 5.75 Å². The van der Waals surface area contributed by atoms with E-state index in [2.05, 4.69) is 21.6 Å². The Hall–Kier alpha value is -1.00. The SMILES string of the molecule is COc1ccc(C2=CCN(SC)CC2)nc1. The number of hydrogen-bond acceptors (Lipinski definition) is 4. The third kappa shape index (κ3) is 2.57. The monoisotopic (exact) mass is 236 g/mol. The van der Waals surface area contributed by atoms with Gasteiger partial charge in [-0.15, -0.1) is 0 Å². The standard InChI is InChI=1S/C12H16N2OS/c1-15-11-3-4-12(13-9-11)10-5-7-14(16-2)8-6-10/h3-5,9H,6-8H2,1-2H3. The van der Waals surface area contributed by atoms with Crippen LogP contribution in [0, 0.1) is 0 Å². The number of aromatic nitrogens is 1. The first-order valence-electron chi connectivity index (χ1n) is 5.32. The quantitative estimate of drug-likeness (QED) is 0.753. The van der Waals surface area contributed by atoms with E-state index in [1.807, 2.05) is 12.1 Å². The maximum atomic E-state index is 5.10. The van der Waals surface area contributed by atoms with Gasteiger partial charge in [0.15, 0.2) is 0 Å². The van der Waals surface area contributed by atoms with E-state index in [0.29, 0.717) is 0 Å². The Morgan fingerprint density at radius 1 is 1.44 bits per heavy atom. The zero-order chi connectivity index (χ0) is 11.4. The molecule has 0 atom stereocenters. The topological polar surface area (TPSA) is 25.4 Å². The molecule has 1 aliphatic rings. The van der Waals surface area contributed by atoms with Crippen LogP contribution < -0.4 is 4.74 Å². The summed E-state index contributed by atoms with van der Waals surface area (Å²) in [5.74, 6) is 0.811. The predicted octanol–water partition coefficient (Wildman–Crippen LogP) is 2.46. The third-order valence-corrected chi connectivity index (χ3v) is 3.58. The van der Waals surface area contributed by atoms with Gasteiger partial charge in [0, 0.05) is 13.1 Å². The minimum atomic E-state index is 0.811. The van der Waals surface area contributed by atoms with E-state index >= 15 is 0 Å². The third-order valence-electron chi connectivity index (χ3n) is 2.73. The lowest BCUT2D eigenvalue weighted by Gasteiger charge is -2.23. The van der Waals surface area contributed by atoms with Gasteiger partial charge < -0.3 is 4.74 Å². The first-order chi connectivity index (χ1) is 7.83. The molecule has 86 valence electrons. The maximum absolute atomic E-state index is 5.10. The number of rotatable bonds is 3. The van der Waals surface area contributed by atoms with Crippen molar-refractivity contribution >= 4 is 17.5 Å². The molecule has 0 saturated heterocycles. The number of pyridine rings is 1. The Kier molecular flexibility index (Phi) is 3.85. The van der Waals surface area contributed by atoms with Gasteiger partial charge in [0.25, 0.3) is 0 Å². The number of ether oxygens (including phenoxy) is 1. The van der Waals surface area contributed by atoms with Crippen LogP contribution in [-0.4, -0.2) is 35.7 Å². The summed E-state index contributed by atoms with van der Waals surface area (Å²) in [5, 5.41) is 0. The van der Waals surface area contributed by atoms with Gasteiger partial charge in [-0.25, -0.2) is 4.31 Å². The molecule has 0 N–H and O–H groups in total. The second kappa shape index (κ2) is 5.37. The second-order valence-electron chi connectivity index (χ2n) is 3.63. The minimum absolute atomic E-state index is 0.811. The first kappa shape index (κ1) is 11.5. The highest BCUT2D eigenvalue weighted by Crippen LogP contribution is 2.24. The fourth-order valence-corrected chi connectivity index (χ4v) is 2.24. The molecule has 4 heteroatoms. The van der Waals surface area contributed by atoms with Crippen LogP contribution >= 0.6 is 11.9 Å². The van der Waals surface area contributed by atoms with E-state index in [0.717, 1.165) is 31.0 Å². The number of nitrogens with zero attached hydrogens (tertiary/aromatic N) is 2. The van der Waals surface area contributed by atoms with E-state index in [1.54, 1.807) is 25.3 Å². The average Bonchev–Trinajstić information content (AvgIpc) is 2.39. The molecule has 2 heterocycles. The minimum Gasteiger partial charge on any atom is -0.495 e. The fraction of sp³-hybridized carbons (Fsp3) is 0.417. The van der Waals surface area contributed by atoms with Crippen molar-refractivity contribution in [1.82, 2.24) is 9.29 Å². The van der Waals surface area contributed by atoms with Gasteiger partial charge in [0.1, 0.15) is 5.75 Å². The molecule has 0 bridgehead atoms. The highest BCUT2D eigenvalue weighted by Gasteiger charge is 2.12. The number of hydrogen-bond donors (Lipinski definition) is 0. The first-order valence-corrected chi connectivity index (χ1v) is 6.50. The van der Waals surface area contributed by atoms with Crippen LogP contribution in [0.2, 0.25) is 0 Å². The van der Waals surface area contributed by atoms with Crippen molar-refractivity contribution in [3.63, 3.8) is 0 Å². The fourth-order valence-electron chi connectivity index (χ4n) is 1.74. The van der Waals surface area contributed by atoms with Crippen molar-refractivity contribution in [3.8, 4) is 5.75 Å². The number of methoxy groups -OCH3 is 1. The van der Waals surface area contributed by atoms with E-state index in [1.165, 1.54) is 5.57 Å². The Labute approximate surface area is 101 Å².